The molecule has 3 aliphatic heterocycles. The zero-order chi connectivity index (χ0) is 39.2. The van der Waals surface area contributed by atoms with Gasteiger partial charge in [-0.3, -0.25) is 32.3 Å². The zero-order valence-corrected chi connectivity index (χ0v) is 30.0. The average Bonchev–Trinajstić information content (AvgIpc) is 3.95. The average molecular weight is 820 g/mol. The molecule has 0 radical (unpaired) electrons. The monoisotopic (exact) mass is 819 g/mol. The van der Waals surface area contributed by atoms with Gasteiger partial charge in [0, 0.05) is 12.1 Å². The third kappa shape index (κ3) is 7.17. The molecule has 3 aliphatic rings. The summed E-state index contributed by atoms with van der Waals surface area (Å²) < 4.78 is 111. The first kappa shape index (κ1) is 37.7. The fraction of sp³-hybridized carbons (Fsp3) is 0.400. The maximum atomic E-state index is 16.6. The number of H-pyrrole nitrogens is 1. The lowest BCUT2D eigenvalue weighted by Crippen LogP contribution is -2.45. The molecule has 3 fully saturated rings. The number of halogens is 2. The van der Waals surface area contributed by atoms with E-state index in [-0.39, 0.29) is 34.6 Å². The van der Waals surface area contributed by atoms with Crippen molar-refractivity contribution < 1.29 is 53.8 Å². The van der Waals surface area contributed by atoms with E-state index in [9.17, 15) is 22.6 Å². The summed E-state index contributed by atoms with van der Waals surface area (Å²) in [5.41, 5.74) is -0.558. The number of rotatable bonds is 7. The number of fused-ring (bicyclic) bond motifs is 4. The van der Waals surface area contributed by atoms with Crippen LogP contribution < -0.4 is 15.6 Å². The number of nitrogens with zero attached hydrogens (tertiary/aromatic N) is 8. The van der Waals surface area contributed by atoms with Crippen LogP contribution in [0.5, 0.6) is 0 Å². The van der Waals surface area contributed by atoms with Gasteiger partial charge < -0.3 is 19.8 Å². The minimum Gasteiger partial charge on any atom is -0.347 e. The summed E-state index contributed by atoms with van der Waals surface area (Å²) in [5.74, 6) is -0.527. The minimum atomic E-state index is -4.91. The van der Waals surface area contributed by atoms with Crippen molar-refractivity contribution in [2.45, 2.75) is 55.6 Å². The Morgan fingerprint density at radius 3 is 2.45 bits per heavy atom. The number of hydrogen-bond donors (Lipinski definition) is 3. The van der Waals surface area contributed by atoms with E-state index in [0.717, 1.165) is 34.4 Å². The smallest absolute Gasteiger partial charge is 0.347 e. The molecule has 1 unspecified atom stereocenters. The van der Waals surface area contributed by atoms with Crippen molar-refractivity contribution in [3.05, 3.63) is 71.6 Å². The molecule has 9 atom stereocenters. The fourth-order valence-corrected chi connectivity index (χ4v) is 8.65. The van der Waals surface area contributed by atoms with E-state index in [0.29, 0.717) is 5.56 Å². The van der Waals surface area contributed by atoms with Gasteiger partial charge in [0.05, 0.1) is 44.7 Å². The molecular weight excluding hydrogens is 791 g/mol. The Morgan fingerprint density at radius 2 is 1.70 bits per heavy atom. The Bertz CT molecular complexity index is 2540. The number of aromatic nitrogens is 8. The molecule has 1 amide bonds. The van der Waals surface area contributed by atoms with Gasteiger partial charge in [-0.25, -0.2) is 42.4 Å². The Labute approximate surface area is 313 Å². The number of anilines is 1. The number of phosphoric ester groups is 1. The fourth-order valence-electron chi connectivity index (χ4n) is 6.30. The molecule has 0 saturated carbocycles. The number of ether oxygens (including phenoxy) is 2. The molecule has 1 aromatic carbocycles. The van der Waals surface area contributed by atoms with Crippen LogP contribution in [0.4, 0.5) is 14.6 Å². The van der Waals surface area contributed by atoms with E-state index >= 15 is 8.78 Å². The molecular formula is C30H28F2N11O11PS. The second-order valence-electron chi connectivity index (χ2n) is 12.4. The molecule has 3 N–H and O–H groups in total. The highest BCUT2D eigenvalue weighted by atomic mass is 32.2. The van der Waals surface area contributed by atoms with Crippen LogP contribution in [0.2, 0.25) is 0 Å². The quantitative estimate of drug-likeness (QED) is 0.154. The van der Waals surface area contributed by atoms with Crippen molar-refractivity contribution in [1.82, 2.24) is 43.8 Å². The van der Waals surface area contributed by atoms with E-state index in [1.807, 2.05) is 0 Å². The highest BCUT2D eigenvalue weighted by molar-refractivity contribution is 7.84. The first-order valence-electron chi connectivity index (χ1n) is 16.6. The first-order valence-corrected chi connectivity index (χ1v) is 19.5. The number of carbonyl (C=O) groups is 1. The van der Waals surface area contributed by atoms with Gasteiger partial charge in [0.25, 0.3) is 11.5 Å². The molecule has 0 spiro atoms. The predicted octanol–water partition coefficient (Wildman–Crippen LogP) is 1.36. The van der Waals surface area contributed by atoms with Crippen LogP contribution in [0, 0.1) is 11.3 Å². The van der Waals surface area contributed by atoms with Crippen LogP contribution in [-0.2, 0) is 42.1 Å². The van der Waals surface area contributed by atoms with Crippen LogP contribution in [0.25, 0.3) is 22.3 Å². The van der Waals surface area contributed by atoms with Gasteiger partial charge in [0.2, 0.25) is 0 Å². The summed E-state index contributed by atoms with van der Waals surface area (Å²) >= 11 is 0. The SMILES string of the molecule is N#CCCOP1(=O)OC[C@H]2O[C@@H](n3cnc4c(=O)[nH]cnc43)[C@H](F)[C@@H]2OS(=O)(=O)NC[C@H]2O[C@@H](n3cnc4c(NC(=O)c5ccccc5)ncnc43)[C@H](F)[C@@H]2O1. The Balaban J connectivity index is 1.08. The number of imidazole rings is 2. The first-order chi connectivity index (χ1) is 26.9. The maximum absolute atomic E-state index is 16.6. The molecule has 3 saturated heterocycles. The van der Waals surface area contributed by atoms with Gasteiger partial charge in [0.1, 0.15) is 30.7 Å². The number of phosphoric acid groups is 1. The number of nitriles is 1. The van der Waals surface area contributed by atoms with Gasteiger partial charge >= 0.3 is 18.1 Å². The number of carbonyl (C=O) groups excluding carboxylic acids is 1. The van der Waals surface area contributed by atoms with E-state index in [1.54, 1.807) is 36.4 Å². The summed E-state index contributed by atoms with van der Waals surface area (Å²) in [4.78, 5) is 47.8. The van der Waals surface area contributed by atoms with Crippen molar-refractivity contribution >= 4 is 52.2 Å². The largest absolute Gasteiger partial charge is 0.475 e. The van der Waals surface area contributed by atoms with Gasteiger partial charge in [-0.2, -0.15) is 18.4 Å². The molecule has 0 aliphatic carbocycles. The molecule has 5 aromatic rings. The number of aromatic amines is 1. The van der Waals surface area contributed by atoms with Crippen molar-refractivity contribution in [3.63, 3.8) is 0 Å². The van der Waals surface area contributed by atoms with Crippen LogP contribution >= 0.6 is 7.82 Å². The summed E-state index contributed by atoms with van der Waals surface area (Å²) in [7, 11) is -9.80. The van der Waals surface area contributed by atoms with Crippen molar-refractivity contribution in [3.8, 4) is 6.07 Å². The molecule has 4 aromatic heterocycles. The number of amides is 1. The maximum Gasteiger partial charge on any atom is 0.475 e. The van der Waals surface area contributed by atoms with Crippen LogP contribution in [0.3, 0.4) is 0 Å². The normalized spacial score (nSPS) is 30.5. The second kappa shape index (κ2) is 15.1. The molecule has 294 valence electrons. The van der Waals surface area contributed by atoms with Gasteiger partial charge in [-0.15, -0.1) is 0 Å². The van der Waals surface area contributed by atoms with Crippen molar-refractivity contribution in [2.24, 2.45) is 0 Å². The molecule has 0 bridgehead atoms. The number of nitrogens with one attached hydrogen (secondary N) is 3. The topological polar surface area (TPSA) is 279 Å². The molecule has 7 heterocycles. The zero-order valence-electron chi connectivity index (χ0n) is 28.3. The van der Waals surface area contributed by atoms with E-state index in [1.165, 1.54) is 0 Å². The molecule has 8 rings (SSSR count). The van der Waals surface area contributed by atoms with Crippen molar-refractivity contribution in [2.75, 3.05) is 25.1 Å². The Kier molecular flexibility index (Phi) is 10.2. The Hall–Kier alpha value is -5.16. The summed E-state index contributed by atoms with van der Waals surface area (Å²) in [5, 5.41) is 11.7. The third-order valence-electron chi connectivity index (χ3n) is 8.88. The lowest BCUT2D eigenvalue weighted by Gasteiger charge is -2.28. The number of alkyl halides is 2. The standard InChI is InChI=1S/C30H28F2N11O11PS/c31-18-22-16(51-29(18)42-13-38-20-24(34-11-35-25(20)42)41-27(44)15-5-2-1-3-6-15)9-40-56(47,48)54-23-17(10-50-55(46,53-22)49-8-4-7-33)52-30(19(23)32)43-14-39-21-26(43)36-12-37-28(21)45/h1-3,5-6,11-14,16-19,22-23,29-30,40H,4,8-10H2,(H,36,37,45)(H,34,35,41,44)/t16-,17-,18-,19-,22-,23-,29-,30-,55?/m1/s1. The van der Waals surface area contributed by atoms with E-state index < -0.39 is 98.6 Å². The summed E-state index contributed by atoms with van der Waals surface area (Å²) in [6, 6.07) is 10.0. The second-order valence-corrected chi connectivity index (χ2v) is 15.4. The minimum absolute atomic E-state index is 0.0130. The highest BCUT2D eigenvalue weighted by Gasteiger charge is 2.54. The predicted molar refractivity (Wildman–Crippen MR) is 182 cm³/mol. The van der Waals surface area contributed by atoms with Crippen LogP contribution in [0.15, 0.2) is 60.4 Å². The van der Waals surface area contributed by atoms with E-state index in [2.05, 4.69) is 39.9 Å². The number of benzene rings is 1. The molecule has 22 nitrogen and oxygen atoms in total. The molecule has 56 heavy (non-hydrogen) atoms. The lowest BCUT2D eigenvalue weighted by atomic mass is 10.1. The van der Waals surface area contributed by atoms with Crippen LogP contribution in [0.1, 0.15) is 29.2 Å². The highest BCUT2D eigenvalue weighted by Crippen LogP contribution is 2.54. The van der Waals surface area contributed by atoms with Crippen molar-refractivity contribution in [1.29, 1.82) is 5.26 Å². The van der Waals surface area contributed by atoms with Gasteiger partial charge in [-0.1, -0.05) is 18.2 Å². The third-order valence-corrected chi connectivity index (χ3v) is 11.3. The number of hydrogen-bond acceptors (Lipinski definition) is 17. The Morgan fingerprint density at radius 1 is 1.00 bits per heavy atom. The van der Waals surface area contributed by atoms with Crippen LogP contribution in [-0.4, -0.2) is 110 Å². The van der Waals surface area contributed by atoms with E-state index in [4.69, 9.17) is 32.5 Å². The summed E-state index contributed by atoms with van der Waals surface area (Å²) in [6.45, 7) is -2.19. The van der Waals surface area contributed by atoms with Gasteiger partial charge in [-0.05, 0) is 12.1 Å². The van der Waals surface area contributed by atoms with Gasteiger partial charge in [0.15, 0.2) is 52.9 Å². The summed E-state index contributed by atoms with van der Waals surface area (Å²) in [6.07, 6.45) is -10.9. The molecule has 26 heteroatoms. The lowest BCUT2D eigenvalue weighted by molar-refractivity contribution is -0.0521.